The molecule has 0 spiro atoms. The van der Waals surface area contributed by atoms with Gasteiger partial charge in [-0.1, -0.05) is 0 Å². The van der Waals surface area contributed by atoms with Crippen LogP contribution in [0, 0.1) is 0 Å². The Hall–Kier alpha value is -2.84. The van der Waals surface area contributed by atoms with Crippen molar-refractivity contribution in [3.05, 3.63) is 0 Å². The highest BCUT2D eigenvalue weighted by molar-refractivity contribution is 6.45. The molecule has 0 radical (unpaired) electrons. The zero-order valence-electron chi connectivity index (χ0n) is 19.0. The van der Waals surface area contributed by atoms with E-state index in [-0.39, 0.29) is 13.8 Å². The lowest BCUT2D eigenvalue weighted by atomic mass is 9.52. The number of rotatable bonds is 12. The summed E-state index contributed by atoms with van der Waals surface area (Å²) in [6.07, 6.45) is 0. The number of hydrogen-bond acceptors (Lipinski definition) is 13. The summed E-state index contributed by atoms with van der Waals surface area (Å²) in [7, 11) is 0. The molecule has 0 aromatic rings. The Bertz CT molecular complexity index is 964. The van der Waals surface area contributed by atoms with Crippen molar-refractivity contribution in [2.75, 3.05) is 0 Å². The molecule has 184 valence electrons. The molecule has 0 bridgehead atoms. The summed E-state index contributed by atoms with van der Waals surface area (Å²) in [4.78, 5) is 98.9. The third kappa shape index (κ3) is 3.43. The molecule has 0 amide bonds. The van der Waals surface area contributed by atoms with Crippen LogP contribution in [0.4, 0.5) is 0 Å². The van der Waals surface area contributed by atoms with Crippen LogP contribution in [-0.4, -0.2) is 99.8 Å². The molecule has 0 aromatic carbocycles. The van der Waals surface area contributed by atoms with Gasteiger partial charge in [0.1, 0.15) is 0 Å². The van der Waals surface area contributed by atoms with Crippen LogP contribution in [0.1, 0.15) is 48.5 Å². The van der Waals surface area contributed by atoms with Crippen LogP contribution in [0.5, 0.6) is 0 Å². The van der Waals surface area contributed by atoms with Crippen LogP contribution in [0.2, 0.25) is 0 Å². The lowest BCUT2D eigenvalue weighted by Crippen LogP contribution is -2.90. The predicted octanol–water partition coefficient (Wildman–Crippen LogP) is -3.67. The first-order valence-corrected chi connectivity index (χ1v) is 9.25. The maximum absolute atomic E-state index is 12.7. The van der Waals surface area contributed by atoms with Crippen molar-refractivity contribution >= 4 is 46.3 Å². The third-order valence-electron chi connectivity index (χ3n) is 5.80. The molecule has 0 aliphatic rings. The number of ketones is 8. The summed E-state index contributed by atoms with van der Waals surface area (Å²) < 4.78 is 0. The Morgan fingerprint density at radius 3 is 0.818 bits per heavy atom. The Kier molecular flexibility index (Phi) is 8.07. The van der Waals surface area contributed by atoms with Crippen LogP contribution in [0.3, 0.4) is 0 Å². The second-order valence-corrected chi connectivity index (χ2v) is 7.77. The first-order valence-electron chi connectivity index (χ1n) is 9.25. The van der Waals surface area contributed by atoms with Crippen LogP contribution in [-0.2, 0) is 38.4 Å². The summed E-state index contributed by atoms with van der Waals surface area (Å²) in [6.45, 7) is 2.58. The molecule has 0 saturated carbocycles. The van der Waals surface area contributed by atoms with Crippen LogP contribution >= 0.6 is 0 Å². The van der Waals surface area contributed by atoms with Crippen LogP contribution < -0.4 is 0 Å². The topological polar surface area (TPSA) is 238 Å². The highest BCUT2D eigenvalue weighted by Crippen LogP contribution is 2.48. The molecular weight excluding hydrogens is 448 g/mol. The number of hydrogen-bond donors (Lipinski definition) is 5. The van der Waals surface area contributed by atoms with Gasteiger partial charge in [0.25, 0.3) is 0 Å². The average molecular weight is 474 g/mol. The van der Waals surface area contributed by atoms with Crippen LogP contribution in [0.15, 0.2) is 0 Å². The van der Waals surface area contributed by atoms with Gasteiger partial charge < -0.3 is 25.5 Å². The van der Waals surface area contributed by atoms with Gasteiger partial charge in [0, 0.05) is 6.92 Å². The highest BCUT2D eigenvalue weighted by atomic mass is 16.4. The third-order valence-corrected chi connectivity index (χ3v) is 5.80. The molecule has 0 heterocycles. The standard InChI is InChI=1S/C20H26O13/c1-8(21)15(28)17(30,11(4)24)19(32,13(6)26)20(33,14(7)27)18(31,12(5)25)16(29,9(2)22)10(3)23/h29-33H,1-7H3/t17-,18+,19+,20+/m0/s1. The van der Waals surface area contributed by atoms with E-state index in [0.717, 1.165) is 0 Å². The largest absolute Gasteiger partial charge is 0.376 e. The van der Waals surface area contributed by atoms with Gasteiger partial charge in [-0.25, -0.2) is 0 Å². The summed E-state index contributed by atoms with van der Waals surface area (Å²) >= 11 is 0. The monoisotopic (exact) mass is 474 g/mol. The molecule has 0 unspecified atom stereocenters. The molecule has 13 heteroatoms. The highest BCUT2D eigenvalue weighted by Gasteiger charge is 2.84. The fraction of sp³-hybridized carbons (Fsp3) is 0.600. The van der Waals surface area contributed by atoms with Gasteiger partial charge in [0.05, 0.1) is 0 Å². The molecule has 0 aliphatic heterocycles. The second kappa shape index (κ2) is 8.83. The molecule has 0 aromatic heterocycles. The van der Waals surface area contributed by atoms with Gasteiger partial charge in [-0.2, -0.15) is 0 Å². The molecule has 0 saturated heterocycles. The molecular formula is C20H26O13. The minimum absolute atomic E-state index is 0.279. The van der Waals surface area contributed by atoms with Crippen molar-refractivity contribution in [3.8, 4) is 0 Å². The van der Waals surface area contributed by atoms with Gasteiger partial charge in [-0.15, -0.1) is 0 Å². The molecule has 0 aliphatic carbocycles. The van der Waals surface area contributed by atoms with Crippen molar-refractivity contribution in [2.45, 2.75) is 76.5 Å². The fourth-order valence-electron chi connectivity index (χ4n) is 3.91. The summed E-state index contributed by atoms with van der Waals surface area (Å²) in [5, 5.41) is 55.6. The summed E-state index contributed by atoms with van der Waals surface area (Å²) in [6, 6.07) is 0. The Balaban J connectivity index is 8.41. The van der Waals surface area contributed by atoms with Gasteiger partial charge in [-0.05, 0) is 41.5 Å². The maximum Gasteiger partial charge on any atom is 0.240 e. The minimum atomic E-state index is -4.63. The zero-order chi connectivity index (χ0) is 27.1. The second-order valence-electron chi connectivity index (χ2n) is 7.77. The van der Waals surface area contributed by atoms with E-state index in [0.29, 0.717) is 34.6 Å². The van der Waals surface area contributed by atoms with E-state index in [2.05, 4.69) is 0 Å². The number of carbonyl (C=O) groups is 8. The molecule has 33 heavy (non-hydrogen) atoms. The Labute approximate surface area is 187 Å². The van der Waals surface area contributed by atoms with Gasteiger partial charge in [-0.3, -0.25) is 38.4 Å². The van der Waals surface area contributed by atoms with E-state index in [1.807, 2.05) is 0 Å². The van der Waals surface area contributed by atoms with E-state index in [9.17, 15) is 63.9 Å². The van der Waals surface area contributed by atoms with Crippen molar-refractivity contribution in [1.29, 1.82) is 0 Å². The fourth-order valence-corrected chi connectivity index (χ4v) is 3.91. The first kappa shape index (κ1) is 30.2. The molecule has 4 atom stereocenters. The summed E-state index contributed by atoms with van der Waals surface area (Å²) in [5.74, 6) is -15.5. The van der Waals surface area contributed by atoms with Crippen molar-refractivity contribution < 1.29 is 63.9 Å². The quantitative estimate of drug-likeness (QED) is 0.135. The molecule has 0 fully saturated rings. The normalized spacial score (nSPS) is 19.0. The smallest absolute Gasteiger partial charge is 0.240 e. The SMILES string of the molecule is CC(=O)C(=O)[C@@](O)(C(C)=O)[C@](O)(C(C)=O)[C@@](O)(C(C)=O)[C@@](O)(C(C)=O)C(O)(C(C)=O)C(C)=O. The predicted molar refractivity (Wildman–Crippen MR) is 105 cm³/mol. The number of carbonyl (C=O) groups excluding carboxylic acids is 8. The zero-order valence-corrected chi connectivity index (χ0v) is 19.0. The van der Waals surface area contributed by atoms with E-state index < -0.39 is 74.3 Å². The van der Waals surface area contributed by atoms with E-state index in [1.165, 1.54) is 0 Å². The Morgan fingerprint density at radius 2 is 0.636 bits per heavy atom. The van der Waals surface area contributed by atoms with Gasteiger partial charge in [0.2, 0.25) is 33.8 Å². The minimum Gasteiger partial charge on any atom is -0.376 e. The summed E-state index contributed by atoms with van der Waals surface area (Å²) in [5.41, 5.74) is -22.1. The molecule has 5 N–H and O–H groups in total. The number of aliphatic hydroxyl groups is 5. The maximum atomic E-state index is 12.7. The van der Waals surface area contributed by atoms with E-state index in [4.69, 9.17) is 0 Å². The average Bonchev–Trinajstić information content (AvgIpc) is 2.68. The lowest BCUT2D eigenvalue weighted by Gasteiger charge is -2.55. The van der Waals surface area contributed by atoms with E-state index in [1.54, 1.807) is 0 Å². The van der Waals surface area contributed by atoms with Crippen molar-refractivity contribution in [1.82, 2.24) is 0 Å². The van der Waals surface area contributed by atoms with Crippen molar-refractivity contribution in [3.63, 3.8) is 0 Å². The molecule has 13 nitrogen and oxygen atoms in total. The molecule has 0 rings (SSSR count). The van der Waals surface area contributed by atoms with Gasteiger partial charge in [0.15, 0.2) is 40.5 Å². The number of Topliss-reactive ketones (excluding diaryl/α,β-unsaturated/α-hetero) is 8. The van der Waals surface area contributed by atoms with Gasteiger partial charge >= 0.3 is 0 Å². The van der Waals surface area contributed by atoms with E-state index >= 15 is 0 Å². The van der Waals surface area contributed by atoms with Crippen LogP contribution in [0.25, 0.3) is 0 Å². The van der Waals surface area contributed by atoms with Crippen molar-refractivity contribution in [2.24, 2.45) is 0 Å². The lowest BCUT2D eigenvalue weighted by molar-refractivity contribution is -0.281. The first-order chi connectivity index (χ1) is 14.5. The Morgan fingerprint density at radius 1 is 0.394 bits per heavy atom.